The van der Waals surface area contributed by atoms with E-state index in [0.29, 0.717) is 17.9 Å². The molecule has 0 saturated carbocycles. The fourth-order valence-corrected chi connectivity index (χ4v) is 1.86. The third-order valence-corrected chi connectivity index (χ3v) is 2.76. The van der Waals surface area contributed by atoms with E-state index >= 15 is 0 Å². The summed E-state index contributed by atoms with van der Waals surface area (Å²) < 4.78 is 10.6. The lowest BCUT2D eigenvalue weighted by molar-refractivity contribution is -0.136. The normalized spacial score (nSPS) is 25.3. The highest BCUT2D eigenvalue weighted by molar-refractivity contribution is 5.94. The monoisotopic (exact) mass is 248 g/mol. The van der Waals surface area contributed by atoms with E-state index in [-0.39, 0.29) is 12.4 Å². The molecular weight excluding hydrogens is 232 g/mol. The van der Waals surface area contributed by atoms with E-state index in [4.69, 9.17) is 9.47 Å². The van der Waals surface area contributed by atoms with Crippen molar-refractivity contribution < 1.29 is 19.4 Å². The van der Waals surface area contributed by atoms with Crippen molar-refractivity contribution >= 4 is 5.78 Å². The van der Waals surface area contributed by atoms with Crippen LogP contribution in [0.4, 0.5) is 0 Å². The average molecular weight is 248 g/mol. The quantitative estimate of drug-likeness (QED) is 0.864. The van der Waals surface area contributed by atoms with Gasteiger partial charge in [0.2, 0.25) is 0 Å². The molecule has 0 fully saturated rings. The van der Waals surface area contributed by atoms with Crippen LogP contribution < -0.4 is 0 Å². The topological polar surface area (TPSA) is 55.8 Å². The van der Waals surface area contributed by atoms with Crippen LogP contribution in [0, 0.1) is 0 Å². The lowest BCUT2D eigenvalue weighted by Crippen LogP contribution is -2.32. The average Bonchev–Trinajstić information content (AvgIpc) is 2.37. The predicted octanol–water partition coefficient (Wildman–Crippen LogP) is 1.61. The fourth-order valence-electron chi connectivity index (χ4n) is 1.86. The fraction of sp³-hybridized carbons (Fsp3) is 0.357. The lowest BCUT2D eigenvalue weighted by Gasteiger charge is -2.23. The van der Waals surface area contributed by atoms with Gasteiger partial charge in [0.15, 0.2) is 5.78 Å². The van der Waals surface area contributed by atoms with Gasteiger partial charge in [0.25, 0.3) is 0 Å². The number of ether oxygens (including phenoxy) is 2. The number of carbonyl (C=O) groups is 1. The minimum atomic E-state index is -0.958. The first-order chi connectivity index (χ1) is 8.68. The Hall–Kier alpha value is -1.65. The standard InChI is InChI=1S/C14H16O4/c1-10-9-12(15)14(18-8-7-17-10)13(16)11-5-3-2-4-6-11/h2-6,9,13-14,16H,7-8H2,1H3/b10-9-. The zero-order chi connectivity index (χ0) is 13.0. The summed E-state index contributed by atoms with van der Waals surface area (Å²) in [6.45, 7) is 2.38. The van der Waals surface area contributed by atoms with E-state index in [1.165, 1.54) is 6.08 Å². The molecule has 1 aromatic carbocycles. The van der Waals surface area contributed by atoms with Crippen LogP contribution in [0.3, 0.4) is 0 Å². The van der Waals surface area contributed by atoms with Gasteiger partial charge in [-0.15, -0.1) is 0 Å². The molecule has 96 valence electrons. The molecule has 1 N–H and O–H groups in total. The molecule has 0 amide bonds. The van der Waals surface area contributed by atoms with E-state index in [1.54, 1.807) is 19.1 Å². The van der Waals surface area contributed by atoms with Crippen molar-refractivity contribution in [2.24, 2.45) is 0 Å². The lowest BCUT2D eigenvalue weighted by atomic mass is 10.0. The first-order valence-corrected chi connectivity index (χ1v) is 5.88. The van der Waals surface area contributed by atoms with Crippen LogP contribution in [0.5, 0.6) is 0 Å². The Morgan fingerprint density at radius 2 is 2.00 bits per heavy atom. The highest BCUT2D eigenvalue weighted by Gasteiger charge is 2.28. The molecule has 0 aliphatic carbocycles. The SMILES string of the molecule is C/C1=C/C(=O)C(C(O)c2ccccc2)OCCO1. The second-order valence-electron chi connectivity index (χ2n) is 4.15. The van der Waals surface area contributed by atoms with Crippen molar-refractivity contribution in [1.82, 2.24) is 0 Å². The van der Waals surface area contributed by atoms with Crippen molar-refractivity contribution in [3.8, 4) is 0 Å². The van der Waals surface area contributed by atoms with Crippen LogP contribution in [0.1, 0.15) is 18.6 Å². The maximum atomic E-state index is 12.0. The van der Waals surface area contributed by atoms with Crippen molar-refractivity contribution in [1.29, 1.82) is 0 Å². The molecular formula is C14H16O4. The molecule has 1 aliphatic rings. The molecule has 1 heterocycles. The van der Waals surface area contributed by atoms with Crippen molar-refractivity contribution in [2.75, 3.05) is 13.2 Å². The summed E-state index contributed by atoms with van der Waals surface area (Å²) in [5, 5.41) is 10.2. The van der Waals surface area contributed by atoms with Crippen molar-refractivity contribution in [3.63, 3.8) is 0 Å². The Kier molecular flexibility index (Phi) is 4.12. The van der Waals surface area contributed by atoms with Crippen LogP contribution >= 0.6 is 0 Å². The molecule has 0 aromatic heterocycles. The number of hydrogen-bond acceptors (Lipinski definition) is 4. The number of allylic oxidation sites excluding steroid dienone is 1. The van der Waals surface area contributed by atoms with Crippen LogP contribution in [0.2, 0.25) is 0 Å². The number of benzene rings is 1. The first kappa shape index (κ1) is 12.8. The molecule has 0 radical (unpaired) electrons. The zero-order valence-electron chi connectivity index (χ0n) is 10.2. The molecule has 2 unspecified atom stereocenters. The van der Waals surface area contributed by atoms with Gasteiger partial charge in [0, 0.05) is 6.08 Å². The van der Waals surface area contributed by atoms with E-state index in [1.807, 2.05) is 18.2 Å². The summed E-state index contributed by atoms with van der Waals surface area (Å²) in [6, 6.07) is 9.03. The number of aliphatic hydroxyl groups excluding tert-OH is 1. The summed E-state index contributed by atoms with van der Waals surface area (Å²) in [5.74, 6) is 0.275. The van der Waals surface area contributed by atoms with Gasteiger partial charge in [-0.2, -0.15) is 0 Å². The number of aliphatic hydroxyl groups is 1. The van der Waals surface area contributed by atoms with Gasteiger partial charge in [-0.05, 0) is 12.5 Å². The molecule has 18 heavy (non-hydrogen) atoms. The summed E-state index contributed by atoms with van der Waals surface area (Å²) in [6.07, 6.45) is -0.456. The van der Waals surface area contributed by atoms with E-state index < -0.39 is 12.2 Å². The third-order valence-electron chi connectivity index (χ3n) is 2.76. The van der Waals surface area contributed by atoms with Gasteiger partial charge >= 0.3 is 0 Å². The minimum Gasteiger partial charge on any atom is -0.496 e. The van der Waals surface area contributed by atoms with Crippen LogP contribution in [0.25, 0.3) is 0 Å². The van der Waals surface area contributed by atoms with Gasteiger partial charge in [-0.25, -0.2) is 0 Å². The molecule has 0 bridgehead atoms. The molecule has 2 atom stereocenters. The highest BCUT2D eigenvalue weighted by Crippen LogP contribution is 2.21. The first-order valence-electron chi connectivity index (χ1n) is 5.88. The Bertz CT molecular complexity index is 438. The molecule has 4 nitrogen and oxygen atoms in total. The van der Waals surface area contributed by atoms with Crippen molar-refractivity contribution in [3.05, 3.63) is 47.7 Å². The second kappa shape index (κ2) is 5.80. The molecule has 0 saturated heterocycles. The number of rotatable bonds is 2. The molecule has 1 aliphatic heterocycles. The third kappa shape index (κ3) is 2.97. The van der Waals surface area contributed by atoms with Crippen molar-refractivity contribution in [2.45, 2.75) is 19.1 Å². The summed E-state index contributed by atoms with van der Waals surface area (Å²) in [4.78, 5) is 12.0. The Morgan fingerprint density at radius 1 is 1.28 bits per heavy atom. The van der Waals surface area contributed by atoms with Crippen LogP contribution in [0.15, 0.2) is 42.2 Å². The summed E-state index contributed by atoms with van der Waals surface area (Å²) >= 11 is 0. The molecule has 4 heteroatoms. The molecule has 0 spiro atoms. The highest BCUT2D eigenvalue weighted by atomic mass is 16.5. The smallest absolute Gasteiger partial charge is 0.190 e. The molecule has 2 rings (SSSR count). The summed E-state index contributed by atoms with van der Waals surface area (Å²) in [7, 11) is 0. The van der Waals surface area contributed by atoms with E-state index in [2.05, 4.69) is 0 Å². The second-order valence-corrected chi connectivity index (χ2v) is 4.15. The van der Waals surface area contributed by atoms with Gasteiger partial charge in [0.1, 0.15) is 18.8 Å². The van der Waals surface area contributed by atoms with Gasteiger partial charge in [0.05, 0.1) is 12.4 Å². The number of hydrogen-bond donors (Lipinski definition) is 1. The maximum Gasteiger partial charge on any atom is 0.190 e. The largest absolute Gasteiger partial charge is 0.496 e. The Labute approximate surface area is 106 Å². The van der Waals surface area contributed by atoms with Crippen LogP contribution in [-0.2, 0) is 14.3 Å². The van der Waals surface area contributed by atoms with E-state index in [0.717, 1.165) is 0 Å². The number of carbonyl (C=O) groups excluding carboxylic acids is 1. The van der Waals surface area contributed by atoms with E-state index in [9.17, 15) is 9.90 Å². The Balaban J connectivity index is 2.20. The maximum absolute atomic E-state index is 12.0. The summed E-state index contributed by atoms with van der Waals surface area (Å²) in [5.41, 5.74) is 0.670. The van der Waals surface area contributed by atoms with Gasteiger partial charge in [-0.3, -0.25) is 4.79 Å². The van der Waals surface area contributed by atoms with Crippen LogP contribution in [-0.4, -0.2) is 30.2 Å². The predicted molar refractivity (Wildman–Crippen MR) is 65.9 cm³/mol. The van der Waals surface area contributed by atoms with Gasteiger partial charge < -0.3 is 14.6 Å². The number of ketones is 1. The molecule has 1 aromatic rings. The minimum absolute atomic E-state index is 0.274. The zero-order valence-corrected chi connectivity index (χ0v) is 10.2. The Morgan fingerprint density at radius 3 is 2.72 bits per heavy atom. The van der Waals surface area contributed by atoms with Gasteiger partial charge in [-0.1, -0.05) is 30.3 Å².